The van der Waals surface area contributed by atoms with Crippen LogP contribution in [-0.2, 0) is 21.4 Å². The number of thioether (sulfide) groups is 1. The lowest BCUT2D eigenvalue weighted by Crippen LogP contribution is -2.43. The van der Waals surface area contributed by atoms with Crippen molar-refractivity contribution in [1.29, 1.82) is 0 Å². The van der Waals surface area contributed by atoms with Crippen molar-refractivity contribution in [2.24, 2.45) is 0 Å². The largest absolute Gasteiger partial charge is 0.465 e. The van der Waals surface area contributed by atoms with Crippen LogP contribution in [0.2, 0.25) is 0 Å². The Labute approximate surface area is 204 Å². The molecule has 0 saturated heterocycles. The van der Waals surface area contributed by atoms with Crippen molar-refractivity contribution in [3.8, 4) is 16.9 Å². The number of para-hydroxylation sites is 1. The van der Waals surface area contributed by atoms with Gasteiger partial charge in [-0.05, 0) is 50.3 Å². The zero-order valence-electron chi connectivity index (χ0n) is 19.8. The minimum absolute atomic E-state index is 0.00191. The second kappa shape index (κ2) is 9.41. The van der Waals surface area contributed by atoms with Crippen LogP contribution >= 0.6 is 11.8 Å². The first-order chi connectivity index (χ1) is 16.5. The van der Waals surface area contributed by atoms with Crippen LogP contribution < -0.4 is 5.56 Å². The van der Waals surface area contributed by atoms with Gasteiger partial charge in [-0.3, -0.25) is 14.2 Å². The van der Waals surface area contributed by atoms with Gasteiger partial charge < -0.3 is 4.74 Å². The second-order valence-corrected chi connectivity index (χ2v) is 10.3. The summed E-state index contributed by atoms with van der Waals surface area (Å²) in [5.41, 5.74) is 5.60. The predicted molar refractivity (Wildman–Crippen MR) is 136 cm³/mol. The van der Waals surface area contributed by atoms with E-state index in [2.05, 4.69) is 18.2 Å². The first-order valence-corrected chi connectivity index (χ1v) is 13.1. The third-order valence-corrected chi connectivity index (χ3v) is 8.09. The lowest BCUT2D eigenvalue weighted by atomic mass is 9.62. The van der Waals surface area contributed by atoms with Crippen molar-refractivity contribution in [3.05, 3.63) is 75.6 Å². The molecule has 0 unspecified atom stereocenters. The molecule has 3 aromatic rings. The van der Waals surface area contributed by atoms with Crippen LogP contribution in [0.25, 0.3) is 16.9 Å². The van der Waals surface area contributed by atoms with Crippen LogP contribution in [0.3, 0.4) is 0 Å². The smallest absolute Gasteiger partial charge is 0.316 e. The predicted octanol–water partition coefficient (Wildman–Crippen LogP) is 5.62. The van der Waals surface area contributed by atoms with Crippen LogP contribution in [0.15, 0.2) is 58.5 Å². The van der Waals surface area contributed by atoms with Crippen molar-refractivity contribution in [1.82, 2.24) is 9.55 Å². The van der Waals surface area contributed by atoms with Gasteiger partial charge in [-0.1, -0.05) is 73.5 Å². The van der Waals surface area contributed by atoms with Gasteiger partial charge in [0.1, 0.15) is 0 Å². The van der Waals surface area contributed by atoms with E-state index in [0.29, 0.717) is 11.8 Å². The number of esters is 1. The molecule has 1 fully saturated rings. The number of carbonyl (C=O) groups excluding carboxylic acids is 1. The minimum Gasteiger partial charge on any atom is -0.465 e. The van der Waals surface area contributed by atoms with E-state index in [-0.39, 0.29) is 22.7 Å². The van der Waals surface area contributed by atoms with Gasteiger partial charge in [-0.15, -0.1) is 0 Å². The summed E-state index contributed by atoms with van der Waals surface area (Å²) in [5, 5.41) is 0.536. The van der Waals surface area contributed by atoms with E-state index < -0.39 is 0 Å². The fourth-order valence-corrected chi connectivity index (χ4v) is 6.43. The van der Waals surface area contributed by atoms with E-state index >= 15 is 0 Å². The molecule has 6 heteroatoms. The van der Waals surface area contributed by atoms with Crippen molar-refractivity contribution in [2.75, 3.05) is 12.4 Å². The normalized spacial score (nSPS) is 16.1. The molecule has 2 aliphatic carbocycles. The molecule has 5 rings (SSSR count). The Kier molecular flexibility index (Phi) is 6.34. The Morgan fingerprint density at radius 3 is 2.59 bits per heavy atom. The number of carbonyl (C=O) groups is 1. The number of ether oxygens (including phenoxy) is 1. The number of rotatable bonds is 5. The van der Waals surface area contributed by atoms with Crippen LogP contribution in [0.4, 0.5) is 0 Å². The monoisotopic (exact) mass is 474 g/mol. The van der Waals surface area contributed by atoms with Gasteiger partial charge in [-0.25, -0.2) is 4.98 Å². The lowest BCUT2D eigenvalue weighted by molar-refractivity contribution is -0.139. The molecule has 34 heavy (non-hydrogen) atoms. The molecule has 1 saturated carbocycles. The Bertz CT molecular complexity index is 1290. The van der Waals surface area contributed by atoms with Crippen LogP contribution in [0.5, 0.6) is 0 Å². The minimum atomic E-state index is -0.306. The maximum atomic E-state index is 14.4. The fraction of sp³-hybridized carbons (Fsp3) is 0.393. The third-order valence-electron chi connectivity index (χ3n) is 7.18. The SMILES string of the molecule is CCOC(=O)CSc1nc2c(c(=O)n1-c1ccccc1C)C1(CCCCC1)Cc1ccccc1-2. The standard InChI is InChI=1S/C28H30N2O3S/c1-3-33-23(31)18-34-27-29-25-21-13-7-6-12-20(21)17-28(15-9-4-10-16-28)24(25)26(32)30(27)22-14-8-5-11-19(22)2/h5-8,11-14H,3-4,9-10,15-18H2,1-2H3. The zero-order chi connectivity index (χ0) is 23.7. The molecule has 0 radical (unpaired) electrons. The van der Waals surface area contributed by atoms with Gasteiger partial charge in [0.05, 0.1) is 29.3 Å². The molecule has 0 atom stereocenters. The molecule has 0 aliphatic heterocycles. The van der Waals surface area contributed by atoms with E-state index in [4.69, 9.17) is 9.72 Å². The van der Waals surface area contributed by atoms with Crippen LogP contribution in [0.1, 0.15) is 55.7 Å². The fourth-order valence-electron chi connectivity index (χ4n) is 5.64. The van der Waals surface area contributed by atoms with E-state index in [1.807, 2.05) is 37.3 Å². The highest BCUT2D eigenvalue weighted by atomic mass is 32.2. The second-order valence-electron chi connectivity index (χ2n) is 9.31. The van der Waals surface area contributed by atoms with E-state index in [9.17, 15) is 9.59 Å². The summed E-state index contributed by atoms with van der Waals surface area (Å²) in [5.74, 6) is -0.197. The van der Waals surface area contributed by atoms with Crippen LogP contribution in [0, 0.1) is 6.92 Å². The first-order valence-electron chi connectivity index (χ1n) is 12.1. The summed E-state index contributed by atoms with van der Waals surface area (Å²) in [4.78, 5) is 31.8. The Hall–Kier alpha value is -2.86. The van der Waals surface area contributed by atoms with Crippen LogP contribution in [-0.4, -0.2) is 27.9 Å². The zero-order valence-corrected chi connectivity index (χ0v) is 20.6. The van der Waals surface area contributed by atoms with Crippen molar-refractivity contribution < 1.29 is 9.53 Å². The third kappa shape index (κ3) is 3.98. The number of fused-ring (bicyclic) bond motifs is 4. The highest BCUT2D eigenvalue weighted by molar-refractivity contribution is 7.99. The molecule has 2 aliphatic rings. The molecular weight excluding hydrogens is 444 g/mol. The van der Waals surface area contributed by atoms with Gasteiger partial charge in [0.25, 0.3) is 5.56 Å². The van der Waals surface area contributed by atoms with Gasteiger partial charge in [0, 0.05) is 11.0 Å². The number of aryl methyl sites for hydroxylation is 1. The molecule has 176 valence electrons. The summed E-state index contributed by atoms with van der Waals surface area (Å²) in [6.07, 6.45) is 6.38. The van der Waals surface area contributed by atoms with Gasteiger partial charge in [0.15, 0.2) is 5.16 Å². The van der Waals surface area contributed by atoms with Crippen molar-refractivity contribution in [3.63, 3.8) is 0 Å². The summed E-state index contributed by atoms with van der Waals surface area (Å²) in [6.45, 7) is 4.13. The van der Waals surface area contributed by atoms with Gasteiger partial charge in [-0.2, -0.15) is 0 Å². The number of hydrogen-bond acceptors (Lipinski definition) is 5. The Morgan fingerprint density at radius 1 is 1.09 bits per heavy atom. The highest BCUT2D eigenvalue weighted by Crippen LogP contribution is 2.49. The average Bonchev–Trinajstić information content (AvgIpc) is 2.84. The Morgan fingerprint density at radius 2 is 1.82 bits per heavy atom. The highest BCUT2D eigenvalue weighted by Gasteiger charge is 2.43. The number of nitrogens with zero attached hydrogens (tertiary/aromatic N) is 2. The number of benzene rings is 2. The number of aromatic nitrogens is 2. The maximum Gasteiger partial charge on any atom is 0.316 e. The maximum absolute atomic E-state index is 14.4. The van der Waals surface area contributed by atoms with Gasteiger partial charge in [0.2, 0.25) is 0 Å². The topological polar surface area (TPSA) is 61.2 Å². The lowest BCUT2D eigenvalue weighted by Gasteiger charge is -2.42. The molecule has 2 aromatic carbocycles. The molecule has 1 spiro atoms. The first kappa shape index (κ1) is 22.9. The molecule has 0 amide bonds. The Balaban J connectivity index is 1.77. The molecule has 1 aromatic heterocycles. The van der Waals surface area contributed by atoms with Crippen molar-refractivity contribution in [2.45, 2.75) is 62.9 Å². The van der Waals surface area contributed by atoms with E-state index in [1.54, 1.807) is 11.5 Å². The summed E-state index contributed by atoms with van der Waals surface area (Å²) in [6, 6.07) is 16.2. The van der Waals surface area contributed by atoms with Gasteiger partial charge >= 0.3 is 5.97 Å². The number of hydrogen-bond donors (Lipinski definition) is 0. The van der Waals surface area contributed by atoms with Crippen molar-refractivity contribution >= 4 is 17.7 Å². The summed E-state index contributed by atoms with van der Waals surface area (Å²) < 4.78 is 6.89. The quantitative estimate of drug-likeness (QED) is 0.273. The molecule has 5 nitrogen and oxygen atoms in total. The molecular formula is C28H30N2O3S. The molecule has 0 bridgehead atoms. The summed E-state index contributed by atoms with van der Waals surface area (Å²) in [7, 11) is 0. The van der Waals surface area contributed by atoms with E-state index in [1.165, 1.54) is 23.7 Å². The average molecular weight is 475 g/mol. The van der Waals surface area contributed by atoms with E-state index in [0.717, 1.165) is 60.2 Å². The molecule has 0 N–H and O–H groups in total. The summed E-state index contributed by atoms with van der Waals surface area (Å²) >= 11 is 1.27. The molecule has 1 heterocycles.